The van der Waals surface area contributed by atoms with Gasteiger partial charge in [-0.2, -0.15) is 0 Å². The molecule has 0 radical (unpaired) electrons. The second kappa shape index (κ2) is 8.42. The van der Waals surface area contributed by atoms with E-state index in [-0.39, 0.29) is 11.9 Å². The topological polar surface area (TPSA) is 83.1 Å². The number of amides is 3. The zero-order chi connectivity index (χ0) is 20.2. The van der Waals surface area contributed by atoms with Gasteiger partial charge in [-0.3, -0.25) is 10.1 Å². The van der Waals surface area contributed by atoms with E-state index < -0.39 is 0 Å². The van der Waals surface area contributed by atoms with Crippen LogP contribution in [0.3, 0.4) is 0 Å². The quantitative estimate of drug-likeness (QED) is 0.347. The largest absolute Gasteiger partial charge is 0.323 e. The van der Waals surface area contributed by atoms with E-state index in [1.54, 1.807) is 30.3 Å². The fourth-order valence-electron chi connectivity index (χ4n) is 2.66. The second-order valence-corrected chi connectivity index (χ2v) is 7.97. The molecule has 0 saturated carbocycles. The summed E-state index contributed by atoms with van der Waals surface area (Å²) in [5.41, 5.74) is 2.54. The molecule has 8 heteroatoms. The van der Waals surface area contributed by atoms with Gasteiger partial charge in [-0.25, -0.2) is 9.78 Å². The van der Waals surface area contributed by atoms with Crippen LogP contribution in [0.15, 0.2) is 77.3 Å². The van der Waals surface area contributed by atoms with Gasteiger partial charge in [-0.05, 0) is 58.4 Å². The van der Waals surface area contributed by atoms with E-state index in [0.717, 1.165) is 9.17 Å². The maximum absolute atomic E-state index is 12.3. The Kier molecular flexibility index (Phi) is 5.55. The van der Waals surface area contributed by atoms with Crippen molar-refractivity contribution in [3.8, 4) is 0 Å². The molecule has 0 unspecified atom stereocenters. The highest BCUT2D eigenvalue weighted by atomic mass is 79.9. The van der Waals surface area contributed by atoms with E-state index in [4.69, 9.17) is 0 Å². The first kappa shape index (κ1) is 19.1. The highest BCUT2D eigenvalue weighted by molar-refractivity contribution is 9.10. The number of para-hydroxylation sites is 1. The third-order valence-electron chi connectivity index (χ3n) is 4.02. The summed E-state index contributed by atoms with van der Waals surface area (Å²) in [6.45, 7) is 0. The van der Waals surface area contributed by atoms with Crippen LogP contribution >= 0.6 is 27.3 Å². The summed E-state index contributed by atoms with van der Waals surface area (Å²) in [5, 5.41) is 8.89. The van der Waals surface area contributed by atoms with E-state index in [1.165, 1.54) is 11.3 Å². The highest BCUT2D eigenvalue weighted by Gasteiger charge is 2.11. The minimum absolute atomic E-state index is 0.212. The first-order valence-electron chi connectivity index (χ1n) is 8.68. The van der Waals surface area contributed by atoms with Gasteiger partial charge in [0.25, 0.3) is 5.91 Å². The lowest BCUT2D eigenvalue weighted by molar-refractivity contribution is 0.102. The molecule has 0 saturated heterocycles. The van der Waals surface area contributed by atoms with Crippen molar-refractivity contribution < 1.29 is 9.59 Å². The van der Waals surface area contributed by atoms with Gasteiger partial charge in [-0.15, -0.1) is 0 Å². The predicted octanol–water partition coefficient (Wildman–Crippen LogP) is 5.96. The molecule has 4 aromatic rings. The zero-order valence-electron chi connectivity index (χ0n) is 15.0. The molecule has 0 aliphatic carbocycles. The maximum Gasteiger partial charge on any atom is 0.323 e. The van der Waals surface area contributed by atoms with E-state index in [9.17, 15) is 9.59 Å². The minimum Gasteiger partial charge on any atom is -0.308 e. The number of nitrogens with zero attached hydrogens (tertiary/aromatic N) is 1. The smallest absolute Gasteiger partial charge is 0.308 e. The Hall–Kier alpha value is -3.23. The molecule has 0 aliphatic heterocycles. The number of benzene rings is 3. The molecule has 0 spiro atoms. The number of anilines is 3. The lowest BCUT2D eigenvalue weighted by atomic mass is 10.2. The Labute approximate surface area is 179 Å². The Morgan fingerprint density at radius 1 is 0.862 bits per heavy atom. The molecular formula is C21H15BrN4O2S. The van der Waals surface area contributed by atoms with Gasteiger partial charge in [0.1, 0.15) is 0 Å². The van der Waals surface area contributed by atoms with Crippen molar-refractivity contribution in [3.63, 3.8) is 0 Å². The van der Waals surface area contributed by atoms with Crippen LogP contribution in [0.25, 0.3) is 10.2 Å². The fraction of sp³-hybridized carbons (Fsp3) is 0. The normalized spacial score (nSPS) is 10.5. The summed E-state index contributed by atoms with van der Waals surface area (Å²) in [6.07, 6.45) is 0. The Balaban J connectivity index is 1.46. The van der Waals surface area contributed by atoms with Crippen LogP contribution in [-0.2, 0) is 0 Å². The molecular weight excluding hydrogens is 452 g/mol. The van der Waals surface area contributed by atoms with Gasteiger partial charge in [0.2, 0.25) is 0 Å². The molecule has 3 N–H and O–H groups in total. The lowest BCUT2D eigenvalue weighted by Crippen LogP contribution is -2.19. The maximum atomic E-state index is 12.3. The van der Waals surface area contributed by atoms with E-state index in [1.807, 2.05) is 42.5 Å². The Bertz CT molecular complexity index is 1190. The van der Waals surface area contributed by atoms with Crippen molar-refractivity contribution in [1.29, 1.82) is 0 Å². The number of halogens is 1. The van der Waals surface area contributed by atoms with E-state index >= 15 is 0 Å². The van der Waals surface area contributed by atoms with Gasteiger partial charge < -0.3 is 10.6 Å². The average Bonchev–Trinajstić information content (AvgIpc) is 3.12. The molecule has 3 amide bonds. The minimum atomic E-state index is -0.357. The van der Waals surface area contributed by atoms with Crippen LogP contribution < -0.4 is 16.0 Å². The number of thiazole rings is 1. The van der Waals surface area contributed by atoms with Crippen LogP contribution in [0.4, 0.5) is 21.3 Å². The van der Waals surface area contributed by atoms with Crippen molar-refractivity contribution in [2.75, 3.05) is 16.0 Å². The molecule has 6 nitrogen and oxygen atoms in total. The van der Waals surface area contributed by atoms with Crippen molar-refractivity contribution in [3.05, 3.63) is 82.8 Å². The molecule has 4 rings (SSSR count). The lowest BCUT2D eigenvalue weighted by Gasteiger charge is -2.08. The van der Waals surface area contributed by atoms with Gasteiger partial charge >= 0.3 is 6.03 Å². The molecule has 0 fully saturated rings. The Morgan fingerprint density at radius 2 is 1.62 bits per heavy atom. The number of rotatable bonds is 4. The summed E-state index contributed by atoms with van der Waals surface area (Å²) in [6, 6.07) is 21.4. The van der Waals surface area contributed by atoms with Crippen molar-refractivity contribution >= 4 is 65.9 Å². The molecule has 29 heavy (non-hydrogen) atoms. The standard InChI is InChI=1S/C21H15BrN4O2S/c22-15-8-4-5-9-16(15)24-20(28)23-14-10-11-18-17(12-14)25-21(29-18)26-19(27)13-6-2-1-3-7-13/h1-12H,(H2,23,24,28)(H,25,26,27). The number of hydrogen-bond acceptors (Lipinski definition) is 4. The number of carbonyl (C=O) groups is 2. The number of carbonyl (C=O) groups excluding carboxylic acids is 2. The molecule has 3 aromatic carbocycles. The van der Waals surface area contributed by atoms with Gasteiger partial charge in [-0.1, -0.05) is 41.7 Å². The molecule has 1 heterocycles. The van der Waals surface area contributed by atoms with Crippen molar-refractivity contribution in [2.24, 2.45) is 0 Å². The van der Waals surface area contributed by atoms with E-state index in [0.29, 0.717) is 27.6 Å². The van der Waals surface area contributed by atoms with Gasteiger partial charge in [0.15, 0.2) is 5.13 Å². The SMILES string of the molecule is O=C(Nc1ccc2sc(NC(=O)c3ccccc3)nc2c1)Nc1ccccc1Br. The second-order valence-electron chi connectivity index (χ2n) is 6.08. The zero-order valence-corrected chi connectivity index (χ0v) is 17.4. The summed E-state index contributed by atoms with van der Waals surface area (Å²) in [4.78, 5) is 29.0. The van der Waals surface area contributed by atoms with Crippen LogP contribution in [0, 0.1) is 0 Å². The van der Waals surface area contributed by atoms with E-state index in [2.05, 4.69) is 36.9 Å². The highest BCUT2D eigenvalue weighted by Crippen LogP contribution is 2.29. The third-order valence-corrected chi connectivity index (χ3v) is 5.67. The molecule has 1 aromatic heterocycles. The third kappa shape index (κ3) is 4.61. The van der Waals surface area contributed by atoms with Crippen molar-refractivity contribution in [1.82, 2.24) is 4.98 Å². The fourth-order valence-corrected chi connectivity index (χ4v) is 3.89. The summed E-state index contributed by atoms with van der Waals surface area (Å²) >= 11 is 4.77. The predicted molar refractivity (Wildman–Crippen MR) is 121 cm³/mol. The number of aromatic nitrogens is 1. The van der Waals surface area contributed by atoms with Crippen LogP contribution in [0.1, 0.15) is 10.4 Å². The van der Waals surface area contributed by atoms with Crippen LogP contribution in [-0.4, -0.2) is 16.9 Å². The molecule has 144 valence electrons. The Morgan fingerprint density at radius 3 is 2.41 bits per heavy atom. The first-order chi connectivity index (χ1) is 14.1. The van der Waals surface area contributed by atoms with Gasteiger partial charge in [0.05, 0.1) is 15.9 Å². The first-order valence-corrected chi connectivity index (χ1v) is 10.3. The molecule has 0 aliphatic rings. The van der Waals surface area contributed by atoms with Crippen LogP contribution in [0.5, 0.6) is 0 Å². The van der Waals surface area contributed by atoms with Gasteiger partial charge in [0, 0.05) is 15.7 Å². The van der Waals surface area contributed by atoms with Crippen molar-refractivity contribution in [2.45, 2.75) is 0 Å². The number of fused-ring (bicyclic) bond motifs is 1. The number of hydrogen-bond donors (Lipinski definition) is 3. The summed E-state index contributed by atoms with van der Waals surface area (Å²) in [7, 11) is 0. The molecule has 0 bridgehead atoms. The van der Waals surface area contributed by atoms with Crippen LogP contribution in [0.2, 0.25) is 0 Å². The number of urea groups is 1. The molecule has 0 atom stereocenters. The number of nitrogens with one attached hydrogen (secondary N) is 3. The summed E-state index contributed by atoms with van der Waals surface area (Å²) < 4.78 is 1.70. The summed E-state index contributed by atoms with van der Waals surface area (Å²) in [5.74, 6) is -0.212. The monoisotopic (exact) mass is 466 g/mol. The average molecular weight is 467 g/mol.